The molecule has 6 rings (SSSR count). The normalized spacial score (nSPS) is 17.7. The standard InChI is InChI=1S/C40H43NO8SSi/c1-28-21-23-31(24-22-28)50(44,45)41-34-20-14-13-15-29(34)25-35(41)36-40(37(42)46-5,38(43)47-6)26-30(49-36)27-48-51(39(2,3)4,32-16-9-7-10-17-32)33-18-11-8-12-19-33/h7-25,30,36H,26-27H2,1-6H3/t30-,36-/m1/s1. The third-order valence-corrected chi connectivity index (χ3v) is 16.6. The van der Waals surface area contributed by atoms with Gasteiger partial charge in [-0.05, 0) is 46.6 Å². The van der Waals surface area contributed by atoms with Crippen LogP contribution in [0.1, 0.15) is 44.6 Å². The van der Waals surface area contributed by atoms with Crippen molar-refractivity contribution in [1.29, 1.82) is 0 Å². The fourth-order valence-electron chi connectivity index (χ4n) is 7.47. The van der Waals surface area contributed by atoms with Crippen LogP contribution in [0.25, 0.3) is 10.9 Å². The highest BCUT2D eigenvalue weighted by Crippen LogP contribution is 2.52. The van der Waals surface area contributed by atoms with Crippen LogP contribution in [0.5, 0.6) is 0 Å². The molecule has 9 nitrogen and oxygen atoms in total. The molecule has 2 heterocycles. The van der Waals surface area contributed by atoms with Gasteiger partial charge in [-0.25, -0.2) is 12.4 Å². The van der Waals surface area contributed by atoms with E-state index in [0.29, 0.717) is 10.9 Å². The number of carbonyl (C=O) groups is 2. The van der Waals surface area contributed by atoms with Crippen molar-refractivity contribution in [2.45, 2.75) is 56.3 Å². The van der Waals surface area contributed by atoms with Crippen LogP contribution in [0, 0.1) is 12.3 Å². The van der Waals surface area contributed by atoms with Crippen molar-refractivity contribution in [3.8, 4) is 0 Å². The number of rotatable bonds is 10. The lowest BCUT2D eigenvalue weighted by atomic mass is 9.78. The van der Waals surface area contributed by atoms with Gasteiger partial charge in [0.15, 0.2) is 5.41 Å². The molecule has 51 heavy (non-hydrogen) atoms. The van der Waals surface area contributed by atoms with Crippen LogP contribution >= 0.6 is 0 Å². The number of hydrogen-bond acceptors (Lipinski definition) is 8. The molecule has 0 spiro atoms. The Labute approximate surface area is 300 Å². The van der Waals surface area contributed by atoms with E-state index in [9.17, 15) is 18.0 Å². The lowest BCUT2D eigenvalue weighted by molar-refractivity contribution is -0.174. The smallest absolute Gasteiger partial charge is 0.326 e. The lowest BCUT2D eigenvalue weighted by Gasteiger charge is -2.43. The lowest BCUT2D eigenvalue weighted by Crippen LogP contribution is -2.67. The van der Waals surface area contributed by atoms with Crippen LogP contribution in [0.15, 0.2) is 120 Å². The van der Waals surface area contributed by atoms with Gasteiger partial charge in [-0.3, -0.25) is 9.59 Å². The minimum atomic E-state index is -4.26. The predicted molar refractivity (Wildman–Crippen MR) is 198 cm³/mol. The molecule has 4 aromatic carbocycles. The zero-order chi connectivity index (χ0) is 36.6. The van der Waals surface area contributed by atoms with E-state index >= 15 is 0 Å². The van der Waals surface area contributed by atoms with E-state index in [1.807, 2.05) is 43.3 Å². The zero-order valence-corrected chi connectivity index (χ0v) is 31.5. The van der Waals surface area contributed by atoms with Crippen molar-refractivity contribution in [1.82, 2.24) is 3.97 Å². The number of para-hydroxylation sites is 1. The van der Waals surface area contributed by atoms with Gasteiger partial charge < -0.3 is 18.6 Å². The van der Waals surface area contributed by atoms with Crippen LogP contribution < -0.4 is 10.4 Å². The topological polar surface area (TPSA) is 110 Å². The molecule has 0 saturated carbocycles. The van der Waals surface area contributed by atoms with E-state index < -0.39 is 47.9 Å². The summed E-state index contributed by atoms with van der Waals surface area (Å²) in [6.07, 6.45) is -2.40. The molecule has 1 aromatic heterocycles. The number of aryl methyl sites for hydroxylation is 1. The molecule has 5 aromatic rings. The first kappa shape index (κ1) is 36.2. The number of carbonyl (C=O) groups excluding carboxylic acids is 2. The summed E-state index contributed by atoms with van der Waals surface area (Å²) >= 11 is 0. The largest absolute Gasteiger partial charge is 0.468 e. The Balaban J connectivity index is 1.51. The number of nitrogens with zero attached hydrogens (tertiary/aromatic N) is 1. The Kier molecular flexibility index (Phi) is 9.86. The van der Waals surface area contributed by atoms with Crippen LogP contribution in [0.4, 0.5) is 0 Å². The first-order valence-corrected chi connectivity index (χ1v) is 20.2. The average molecular weight is 726 g/mol. The van der Waals surface area contributed by atoms with Gasteiger partial charge in [0.05, 0.1) is 43.0 Å². The van der Waals surface area contributed by atoms with Crippen molar-refractivity contribution in [2.75, 3.05) is 20.8 Å². The van der Waals surface area contributed by atoms with Gasteiger partial charge in [-0.2, -0.15) is 0 Å². The first-order valence-electron chi connectivity index (χ1n) is 16.8. The molecule has 1 fully saturated rings. The molecule has 0 radical (unpaired) electrons. The third kappa shape index (κ3) is 6.11. The van der Waals surface area contributed by atoms with E-state index in [2.05, 4.69) is 45.0 Å². The van der Waals surface area contributed by atoms with Crippen LogP contribution in [0.2, 0.25) is 5.04 Å². The van der Waals surface area contributed by atoms with Crippen molar-refractivity contribution >= 4 is 51.6 Å². The summed E-state index contributed by atoms with van der Waals surface area (Å²) in [6, 6.07) is 35.3. The number of hydrogen-bond donors (Lipinski definition) is 0. The van der Waals surface area contributed by atoms with Crippen molar-refractivity contribution in [3.63, 3.8) is 0 Å². The number of aromatic nitrogens is 1. The summed E-state index contributed by atoms with van der Waals surface area (Å²) in [5.41, 5.74) is -0.685. The molecule has 0 aliphatic carbocycles. The van der Waals surface area contributed by atoms with E-state index in [1.54, 1.807) is 42.5 Å². The number of benzene rings is 4. The minimum Gasteiger partial charge on any atom is -0.468 e. The molecule has 1 aliphatic heterocycles. The van der Waals surface area contributed by atoms with E-state index in [1.165, 1.54) is 30.3 Å². The Morgan fingerprint density at radius 3 is 1.88 bits per heavy atom. The molecule has 0 bridgehead atoms. The summed E-state index contributed by atoms with van der Waals surface area (Å²) in [6.45, 7) is 8.33. The van der Waals surface area contributed by atoms with Crippen LogP contribution in [-0.2, 0) is 38.2 Å². The molecule has 0 N–H and O–H groups in total. The Bertz CT molecular complexity index is 2090. The third-order valence-electron chi connectivity index (χ3n) is 9.85. The molecule has 1 saturated heterocycles. The fourth-order valence-corrected chi connectivity index (χ4v) is 13.6. The van der Waals surface area contributed by atoms with E-state index in [-0.39, 0.29) is 28.7 Å². The summed E-state index contributed by atoms with van der Waals surface area (Å²) in [4.78, 5) is 28.0. The van der Waals surface area contributed by atoms with Gasteiger partial charge in [0.1, 0.15) is 6.10 Å². The van der Waals surface area contributed by atoms with E-state index in [0.717, 1.165) is 15.9 Å². The molecular formula is C40H43NO8SSi. The number of ether oxygens (including phenoxy) is 3. The van der Waals surface area contributed by atoms with Gasteiger partial charge in [-0.1, -0.05) is 117 Å². The maximum atomic E-state index is 14.5. The number of methoxy groups -OCH3 is 2. The summed E-state index contributed by atoms with van der Waals surface area (Å²) in [7, 11) is -4.94. The molecule has 266 valence electrons. The number of esters is 2. The highest BCUT2D eigenvalue weighted by atomic mass is 32.2. The second-order valence-electron chi connectivity index (χ2n) is 14.0. The summed E-state index contributed by atoms with van der Waals surface area (Å²) in [5.74, 6) is -1.78. The van der Waals surface area contributed by atoms with Gasteiger partial charge in [0.2, 0.25) is 0 Å². The zero-order valence-electron chi connectivity index (χ0n) is 29.7. The molecule has 2 atom stereocenters. The second-order valence-corrected chi connectivity index (χ2v) is 20.1. The molecule has 0 unspecified atom stereocenters. The Morgan fingerprint density at radius 2 is 1.35 bits per heavy atom. The maximum Gasteiger partial charge on any atom is 0.326 e. The van der Waals surface area contributed by atoms with Crippen molar-refractivity contribution in [2.24, 2.45) is 5.41 Å². The van der Waals surface area contributed by atoms with Gasteiger partial charge in [0, 0.05) is 11.8 Å². The van der Waals surface area contributed by atoms with Crippen molar-refractivity contribution < 1.29 is 36.6 Å². The molecule has 1 aliphatic rings. The van der Waals surface area contributed by atoms with Crippen LogP contribution in [0.3, 0.4) is 0 Å². The highest BCUT2D eigenvalue weighted by molar-refractivity contribution is 7.90. The predicted octanol–water partition coefficient (Wildman–Crippen LogP) is 5.93. The Morgan fingerprint density at radius 1 is 0.824 bits per heavy atom. The van der Waals surface area contributed by atoms with E-state index in [4.69, 9.17) is 18.6 Å². The monoisotopic (exact) mass is 725 g/mol. The second kappa shape index (κ2) is 13.9. The summed E-state index contributed by atoms with van der Waals surface area (Å²) < 4.78 is 54.7. The molecular weight excluding hydrogens is 683 g/mol. The number of fused-ring (bicyclic) bond motifs is 1. The van der Waals surface area contributed by atoms with Crippen molar-refractivity contribution in [3.05, 3.63) is 127 Å². The SMILES string of the molecule is COC(=O)C1(C(=O)OC)C[C@H](CO[Si](c2ccccc2)(c2ccccc2)C(C)(C)C)O[C@@H]1c1cc2ccccc2n1S(=O)(=O)c1ccc(C)cc1. The quantitative estimate of drug-likeness (QED) is 0.0992. The highest BCUT2D eigenvalue weighted by Gasteiger charge is 2.64. The average Bonchev–Trinajstić information content (AvgIpc) is 3.72. The van der Waals surface area contributed by atoms with Crippen LogP contribution in [-0.4, -0.2) is 59.6 Å². The van der Waals surface area contributed by atoms with Gasteiger partial charge in [-0.15, -0.1) is 0 Å². The van der Waals surface area contributed by atoms with Gasteiger partial charge in [0.25, 0.3) is 18.3 Å². The molecule has 0 amide bonds. The summed E-state index contributed by atoms with van der Waals surface area (Å²) in [5, 5.41) is 2.33. The fraction of sp³-hybridized carbons (Fsp3) is 0.300. The van der Waals surface area contributed by atoms with Gasteiger partial charge >= 0.3 is 11.9 Å². The maximum absolute atomic E-state index is 14.5. The Hall–Kier alpha value is -4.55. The minimum absolute atomic E-state index is 0.00442. The molecule has 11 heteroatoms. The first-order chi connectivity index (χ1) is 24.3.